The lowest BCUT2D eigenvalue weighted by Gasteiger charge is -2.37. The number of hydrogen-bond donors (Lipinski definition) is 2. The molecule has 1 saturated heterocycles. The Hall–Kier alpha value is -1.42. The van der Waals surface area contributed by atoms with Crippen molar-refractivity contribution in [2.24, 2.45) is 12.5 Å². The monoisotopic (exact) mass is 373 g/mol. The van der Waals surface area contributed by atoms with Gasteiger partial charge in [0.25, 0.3) is 0 Å². The van der Waals surface area contributed by atoms with Gasteiger partial charge in [-0.2, -0.15) is 0 Å². The molecule has 0 amide bonds. The van der Waals surface area contributed by atoms with E-state index in [1.807, 2.05) is 0 Å². The van der Waals surface area contributed by atoms with E-state index in [-0.39, 0.29) is 22.6 Å². The predicted octanol–water partition coefficient (Wildman–Crippen LogP) is 0.496. The van der Waals surface area contributed by atoms with Gasteiger partial charge in [0.15, 0.2) is 0 Å². The van der Waals surface area contributed by atoms with Gasteiger partial charge in [0.2, 0.25) is 10.0 Å². The minimum atomic E-state index is -3.72. The predicted molar refractivity (Wildman–Crippen MR) is 93.0 cm³/mol. The maximum Gasteiger partial charge on any atom is 0.354 e. The van der Waals surface area contributed by atoms with E-state index >= 15 is 0 Å². The van der Waals surface area contributed by atoms with Crippen LogP contribution in [0.5, 0.6) is 0 Å². The Kier molecular flexibility index (Phi) is 6.61. The van der Waals surface area contributed by atoms with Crippen molar-refractivity contribution in [3.8, 4) is 0 Å². The van der Waals surface area contributed by atoms with Crippen LogP contribution in [-0.4, -0.2) is 58.9 Å². The Morgan fingerprint density at radius 2 is 2.08 bits per heavy atom. The summed E-state index contributed by atoms with van der Waals surface area (Å²) in [5.41, 5.74) is -0.0121. The van der Waals surface area contributed by atoms with Gasteiger partial charge < -0.3 is 19.4 Å². The first-order chi connectivity index (χ1) is 11.8. The van der Waals surface area contributed by atoms with Crippen LogP contribution in [0, 0.1) is 5.41 Å². The van der Waals surface area contributed by atoms with Crippen LogP contribution in [0.1, 0.15) is 30.3 Å². The molecule has 25 heavy (non-hydrogen) atoms. The van der Waals surface area contributed by atoms with Crippen LogP contribution >= 0.6 is 0 Å². The molecule has 1 fully saturated rings. The molecule has 2 rings (SSSR count). The molecule has 2 N–H and O–H groups in total. The summed E-state index contributed by atoms with van der Waals surface area (Å²) in [5.74, 6) is -0.541. The summed E-state index contributed by atoms with van der Waals surface area (Å²) in [6, 6.07) is 1.34. The molecule has 0 spiro atoms. The quantitative estimate of drug-likeness (QED) is 0.644. The third kappa shape index (κ3) is 4.81. The van der Waals surface area contributed by atoms with Crippen molar-refractivity contribution >= 4 is 16.0 Å². The number of ether oxygens (including phenoxy) is 2. The lowest BCUT2D eigenvalue weighted by Crippen LogP contribution is -2.47. The first kappa shape index (κ1) is 19.9. The fourth-order valence-electron chi connectivity index (χ4n) is 3.06. The van der Waals surface area contributed by atoms with Gasteiger partial charge in [0.1, 0.15) is 10.6 Å². The lowest BCUT2D eigenvalue weighted by atomic mass is 9.80. The number of carbonyl (C=O) groups is 1. The van der Waals surface area contributed by atoms with Crippen LogP contribution in [0.4, 0.5) is 0 Å². The Morgan fingerprint density at radius 3 is 2.68 bits per heavy atom. The number of esters is 1. The lowest BCUT2D eigenvalue weighted by molar-refractivity contribution is 0.0515. The molecule has 9 heteroatoms. The molecular weight excluding hydrogens is 346 g/mol. The standard InChI is InChI=1S/C16H27N3O5S/c1-4-24-15(20)14-9-13(10-19(14)2)25(21,22)18-11-16(12-23-3)5-7-17-8-6-16/h9-10,17-18H,4-8,11-12H2,1-3H3. The van der Waals surface area contributed by atoms with Gasteiger partial charge in [0, 0.05) is 32.3 Å². The zero-order valence-electron chi connectivity index (χ0n) is 15.0. The Bertz CT molecular complexity index is 687. The second-order valence-electron chi connectivity index (χ2n) is 6.40. The summed E-state index contributed by atoms with van der Waals surface area (Å²) in [6.07, 6.45) is 3.10. The topological polar surface area (TPSA) is 98.7 Å². The van der Waals surface area contributed by atoms with Crippen molar-refractivity contribution in [1.29, 1.82) is 0 Å². The Morgan fingerprint density at radius 1 is 1.40 bits per heavy atom. The van der Waals surface area contributed by atoms with Crippen LogP contribution < -0.4 is 10.0 Å². The van der Waals surface area contributed by atoms with Crippen LogP contribution in [0.15, 0.2) is 17.2 Å². The van der Waals surface area contributed by atoms with Crippen LogP contribution in [0.25, 0.3) is 0 Å². The van der Waals surface area contributed by atoms with Crippen LogP contribution in [0.3, 0.4) is 0 Å². The summed E-state index contributed by atoms with van der Waals surface area (Å²) < 4.78 is 39.7. The van der Waals surface area contributed by atoms with Crippen molar-refractivity contribution in [3.63, 3.8) is 0 Å². The molecule has 2 heterocycles. The first-order valence-electron chi connectivity index (χ1n) is 8.36. The molecule has 1 aromatic heterocycles. The Labute approximate surface area is 148 Å². The van der Waals surface area contributed by atoms with E-state index in [2.05, 4.69) is 10.0 Å². The minimum Gasteiger partial charge on any atom is -0.461 e. The first-order valence-corrected chi connectivity index (χ1v) is 9.85. The van der Waals surface area contributed by atoms with Crippen LogP contribution in [0.2, 0.25) is 0 Å². The summed E-state index contributed by atoms with van der Waals surface area (Å²) in [5, 5.41) is 3.27. The number of nitrogens with one attached hydrogen (secondary N) is 2. The number of aryl methyl sites for hydroxylation is 1. The third-order valence-electron chi connectivity index (χ3n) is 4.53. The number of aromatic nitrogens is 1. The van der Waals surface area contributed by atoms with E-state index < -0.39 is 16.0 Å². The highest BCUT2D eigenvalue weighted by atomic mass is 32.2. The van der Waals surface area contributed by atoms with Crippen molar-refractivity contribution in [1.82, 2.24) is 14.6 Å². The molecule has 0 radical (unpaired) electrons. The number of rotatable bonds is 8. The molecule has 0 atom stereocenters. The van der Waals surface area contributed by atoms with Crippen molar-refractivity contribution in [2.45, 2.75) is 24.7 Å². The second-order valence-corrected chi connectivity index (χ2v) is 8.17. The maximum absolute atomic E-state index is 12.6. The molecule has 8 nitrogen and oxygen atoms in total. The molecule has 1 aliphatic rings. The average molecular weight is 373 g/mol. The normalized spacial score (nSPS) is 17.4. The largest absolute Gasteiger partial charge is 0.461 e. The van der Waals surface area contributed by atoms with Gasteiger partial charge in [0.05, 0.1) is 13.2 Å². The molecule has 0 aliphatic carbocycles. The summed E-state index contributed by atoms with van der Waals surface area (Å²) >= 11 is 0. The molecule has 0 unspecified atom stereocenters. The Balaban J connectivity index is 2.13. The van der Waals surface area contributed by atoms with E-state index in [0.29, 0.717) is 13.2 Å². The van der Waals surface area contributed by atoms with Gasteiger partial charge in [-0.05, 0) is 38.9 Å². The zero-order valence-corrected chi connectivity index (χ0v) is 15.8. The van der Waals surface area contributed by atoms with E-state index in [4.69, 9.17) is 9.47 Å². The van der Waals surface area contributed by atoms with Crippen molar-refractivity contribution < 1.29 is 22.7 Å². The van der Waals surface area contributed by atoms with E-state index in [1.165, 1.54) is 16.8 Å². The van der Waals surface area contributed by atoms with Gasteiger partial charge in [-0.3, -0.25) is 0 Å². The number of nitrogens with zero attached hydrogens (tertiary/aromatic N) is 1. The number of carbonyl (C=O) groups excluding carboxylic acids is 1. The number of hydrogen-bond acceptors (Lipinski definition) is 6. The van der Waals surface area contributed by atoms with Crippen LogP contribution in [-0.2, 0) is 26.5 Å². The van der Waals surface area contributed by atoms with Crippen molar-refractivity contribution in [3.05, 3.63) is 18.0 Å². The molecule has 0 bridgehead atoms. The number of piperidine rings is 1. The van der Waals surface area contributed by atoms with Gasteiger partial charge >= 0.3 is 5.97 Å². The van der Waals surface area contributed by atoms with Gasteiger partial charge in [-0.1, -0.05) is 0 Å². The molecular formula is C16H27N3O5S. The highest BCUT2D eigenvalue weighted by Crippen LogP contribution is 2.29. The van der Waals surface area contributed by atoms with E-state index in [1.54, 1.807) is 21.1 Å². The molecule has 142 valence electrons. The SMILES string of the molecule is CCOC(=O)c1cc(S(=O)(=O)NCC2(COC)CCNCC2)cn1C. The molecule has 0 aromatic carbocycles. The highest BCUT2D eigenvalue weighted by molar-refractivity contribution is 7.89. The third-order valence-corrected chi connectivity index (χ3v) is 5.89. The molecule has 1 aliphatic heterocycles. The number of methoxy groups -OCH3 is 1. The summed E-state index contributed by atoms with van der Waals surface area (Å²) in [4.78, 5) is 11.9. The summed E-state index contributed by atoms with van der Waals surface area (Å²) in [6.45, 7) is 4.41. The number of sulfonamides is 1. The summed E-state index contributed by atoms with van der Waals surface area (Å²) in [7, 11) is -0.479. The maximum atomic E-state index is 12.6. The molecule has 1 aromatic rings. The highest BCUT2D eigenvalue weighted by Gasteiger charge is 2.34. The fourth-order valence-corrected chi connectivity index (χ4v) is 4.28. The average Bonchev–Trinajstić information content (AvgIpc) is 2.98. The smallest absolute Gasteiger partial charge is 0.354 e. The minimum absolute atomic E-state index is 0.0551. The van der Waals surface area contributed by atoms with E-state index in [9.17, 15) is 13.2 Å². The fraction of sp³-hybridized carbons (Fsp3) is 0.688. The van der Waals surface area contributed by atoms with Crippen molar-refractivity contribution in [2.75, 3.05) is 40.0 Å². The zero-order chi connectivity index (χ0) is 18.5. The van der Waals surface area contributed by atoms with E-state index in [0.717, 1.165) is 25.9 Å². The van der Waals surface area contributed by atoms with Gasteiger partial charge in [-0.15, -0.1) is 0 Å². The molecule has 0 saturated carbocycles. The van der Waals surface area contributed by atoms with Gasteiger partial charge in [-0.25, -0.2) is 17.9 Å². The second kappa shape index (κ2) is 8.31.